The molecule has 0 saturated heterocycles. The molecule has 0 saturated carbocycles. The third-order valence-electron chi connectivity index (χ3n) is 2.97. The second-order valence-electron chi connectivity index (χ2n) is 5.31. The van der Waals surface area contributed by atoms with Gasteiger partial charge in [0.15, 0.2) is 0 Å². The minimum absolute atomic E-state index is 0.601. The summed E-state index contributed by atoms with van der Waals surface area (Å²) in [6.45, 7) is 10.1. The van der Waals surface area contributed by atoms with Crippen LogP contribution in [0.2, 0.25) is 0 Å². The van der Waals surface area contributed by atoms with Gasteiger partial charge in [-0.2, -0.15) is 5.10 Å². The van der Waals surface area contributed by atoms with Crippen molar-refractivity contribution in [1.82, 2.24) is 25.1 Å². The van der Waals surface area contributed by atoms with Gasteiger partial charge in [0.1, 0.15) is 0 Å². The SMILES string of the molecule is Cc1nn(-c2ncc(CNCC(C)C)cn2)c(C)c1Br. The summed E-state index contributed by atoms with van der Waals surface area (Å²) in [5.74, 6) is 1.24. The van der Waals surface area contributed by atoms with E-state index < -0.39 is 0 Å². The molecule has 0 spiro atoms. The zero-order valence-electron chi connectivity index (χ0n) is 12.3. The van der Waals surface area contributed by atoms with Gasteiger partial charge < -0.3 is 5.32 Å². The van der Waals surface area contributed by atoms with Crippen molar-refractivity contribution >= 4 is 15.9 Å². The molecule has 5 nitrogen and oxygen atoms in total. The van der Waals surface area contributed by atoms with Gasteiger partial charge in [-0.05, 0) is 42.2 Å². The van der Waals surface area contributed by atoms with Gasteiger partial charge in [0.05, 0.1) is 15.9 Å². The molecule has 108 valence electrons. The Balaban J connectivity index is 2.10. The van der Waals surface area contributed by atoms with E-state index in [1.54, 1.807) is 4.68 Å². The van der Waals surface area contributed by atoms with E-state index in [9.17, 15) is 0 Å². The molecule has 20 heavy (non-hydrogen) atoms. The molecular formula is C14H20BrN5. The van der Waals surface area contributed by atoms with Crippen molar-refractivity contribution in [1.29, 1.82) is 0 Å². The van der Waals surface area contributed by atoms with Crippen LogP contribution < -0.4 is 5.32 Å². The Hall–Kier alpha value is -1.27. The standard InChI is InChI=1S/C14H20BrN5/c1-9(2)5-16-6-12-7-17-14(18-8-12)20-11(4)13(15)10(3)19-20/h7-9,16H,5-6H2,1-4H3. The summed E-state index contributed by atoms with van der Waals surface area (Å²) in [5.41, 5.74) is 3.02. The molecule has 0 aliphatic heterocycles. The Kier molecular flexibility index (Phi) is 4.88. The third kappa shape index (κ3) is 3.43. The van der Waals surface area contributed by atoms with Crippen molar-refractivity contribution in [2.75, 3.05) is 6.54 Å². The van der Waals surface area contributed by atoms with Gasteiger partial charge in [-0.1, -0.05) is 13.8 Å². The molecule has 0 aliphatic rings. The minimum atomic E-state index is 0.601. The van der Waals surface area contributed by atoms with Crippen LogP contribution in [0.4, 0.5) is 0 Å². The van der Waals surface area contributed by atoms with Crippen LogP contribution in [-0.2, 0) is 6.54 Å². The first kappa shape index (κ1) is 15.1. The summed E-state index contributed by atoms with van der Waals surface area (Å²) >= 11 is 3.51. The van der Waals surface area contributed by atoms with Gasteiger partial charge in [0.25, 0.3) is 5.95 Å². The zero-order chi connectivity index (χ0) is 14.7. The van der Waals surface area contributed by atoms with Crippen LogP contribution in [0.3, 0.4) is 0 Å². The second-order valence-corrected chi connectivity index (χ2v) is 6.11. The normalized spacial score (nSPS) is 11.3. The summed E-state index contributed by atoms with van der Waals surface area (Å²) in [4.78, 5) is 8.78. The lowest BCUT2D eigenvalue weighted by molar-refractivity contribution is 0.551. The van der Waals surface area contributed by atoms with Crippen LogP contribution in [0.15, 0.2) is 16.9 Å². The van der Waals surface area contributed by atoms with E-state index in [0.29, 0.717) is 11.9 Å². The lowest BCUT2D eigenvalue weighted by Crippen LogP contribution is -2.19. The Morgan fingerprint density at radius 1 is 1.25 bits per heavy atom. The fraction of sp³-hybridized carbons (Fsp3) is 0.500. The van der Waals surface area contributed by atoms with Gasteiger partial charge in [-0.25, -0.2) is 14.6 Å². The lowest BCUT2D eigenvalue weighted by atomic mass is 10.2. The molecule has 0 unspecified atom stereocenters. The van der Waals surface area contributed by atoms with Crippen LogP contribution in [0, 0.1) is 19.8 Å². The molecule has 1 N–H and O–H groups in total. The number of nitrogens with zero attached hydrogens (tertiary/aromatic N) is 4. The second kappa shape index (κ2) is 6.45. The number of aryl methyl sites for hydroxylation is 1. The average molecular weight is 338 g/mol. The highest BCUT2D eigenvalue weighted by molar-refractivity contribution is 9.10. The number of nitrogens with one attached hydrogen (secondary N) is 1. The van der Waals surface area contributed by atoms with E-state index in [2.05, 4.69) is 50.2 Å². The van der Waals surface area contributed by atoms with Gasteiger partial charge >= 0.3 is 0 Å². The molecule has 0 fully saturated rings. The smallest absolute Gasteiger partial charge is 0.250 e. The maximum Gasteiger partial charge on any atom is 0.250 e. The highest BCUT2D eigenvalue weighted by Gasteiger charge is 2.11. The molecule has 2 heterocycles. The first-order chi connectivity index (χ1) is 9.49. The summed E-state index contributed by atoms with van der Waals surface area (Å²) < 4.78 is 2.76. The third-order valence-corrected chi connectivity index (χ3v) is 4.11. The maximum absolute atomic E-state index is 4.42. The van der Waals surface area contributed by atoms with E-state index in [-0.39, 0.29) is 0 Å². The molecule has 6 heteroatoms. The van der Waals surface area contributed by atoms with Gasteiger partial charge in [-0.15, -0.1) is 0 Å². The van der Waals surface area contributed by atoms with Crippen LogP contribution in [-0.4, -0.2) is 26.3 Å². The topological polar surface area (TPSA) is 55.6 Å². The van der Waals surface area contributed by atoms with Crippen molar-refractivity contribution in [3.8, 4) is 5.95 Å². The number of hydrogen-bond acceptors (Lipinski definition) is 4. The number of halogens is 1. The molecule has 2 rings (SSSR count). The van der Waals surface area contributed by atoms with Crippen molar-refractivity contribution in [3.05, 3.63) is 33.8 Å². The summed E-state index contributed by atoms with van der Waals surface area (Å²) in [6.07, 6.45) is 3.69. The largest absolute Gasteiger partial charge is 0.312 e. The number of hydrogen-bond donors (Lipinski definition) is 1. The number of rotatable bonds is 5. The average Bonchev–Trinajstić information content (AvgIpc) is 2.67. The van der Waals surface area contributed by atoms with Gasteiger partial charge in [0, 0.05) is 24.5 Å². The molecule has 0 bridgehead atoms. The molecule has 0 atom stereocenters. The molecule has 0 amide bonds. The predicted molar refractivity (Wildman–Crippen MR) is 82.9 cm³/mol. The van der Waals surface area contributed by atoms with Gasteiger partial charge in [0.2, 0.25) is 0 Å². The Bertz CT molecular complexity index is 574. The van der Waals surface area contributed by atoms with Crippen molar-refractivity contribution in [3.63, 3.8) is 0 Å². The fourth-order valence-corrected chi connectivity index (χ4v) is 2.12. The maximum atomic E-state index is 4.42. The molecule has 2 aromatic rings. The van der Waals surface area contributed by atoms with E-state index in [0.717, 1.165) is 34.5 Å². The Labute approximate surface area is 128 Å². The van der Waals surface area contributed by atoms with Crippen LogP contribution in [0.25, 0.3) is 5.95 Å². The van der Waals surface area contributed by atoms with Crippen molar-refractivity contribution in [2.24, 2.45) is 5.92 Å². The summed E-state index contributed by atoms with van der Waals surface area (Å²) in [5, 5.41) is 7.80. The van der Waals surface area contributed by atoms with Crippen LogP contribution in [0.1, 0.15) is 30.8 Å². The monoisotopic (exact) mass is 337 g/mol. The minimum Gasteiger partial charge on any atom is -0.312 e. The first-order valence-electron chi connectivity index (χ1n) is 6.72. The zero-order valence-corrected chi connectivity index (χ0v) is 13.9. The Morgan fingerprint density at radius 2 is 1.90 bits per heavy atom. The van der Waals surface area contributed by atoms with E-state index in [4.69, 9.17) is 0 Å². The van der Waals surface area contributed by atoms with Crippen molar-refractivity contribution in [2.45, 2.75) is 34.2 Å². The fourth-order valence-electron chi connectivity index (χ4n) is 1.87. The molecular weight excluding hydrogens is 318 g/mol. The van der Waals surface area contributed by atoms with E-state index in [1.165, 1.54) is 0 Å². The molecule has 0 aliphatic carbocycles. The molecule has 0 radical (unpaired) electrons. The summed E-state index contributed by atoms with van der Waals surface area (Å²) in [6, 6.07) is 0. The van der Waals surface area contributed by atoms with Crippen LogP contribution in [0.5, 0.6) is 0 Å². The first-order valence-corrected chi connectivity index (χ1v) is 7.52. The highest BCUT2D eigenvalue weighted by atomic mass is 79.9. The van der Waals surface area contributed by atoms with E-state index >= 15 is 0 Å². The Morgan fingerprint density at radius 3 is 2.40 bits per heavy atom. The summed E-state index contributed by atoms with van der Waals surface area (Å²) in [7, 11) is 0. The van der Waals surface area contributed by atoms with Gasteiger partial charge in [-0.3, -0.25) is 0 Å². The lowest BCUT2D eigenvalue weighted by Gasteiger charge is -2.07. The van der Waals surface area contributed by atoms with Crippen molar-refractivity contribution < 1.29 is 0 Å². The number of aromatic nitrogens is 4. The highest BCUT2D eigenvalue weighted by Crippen LogP contribution is 2.21. The predicted octanol–water partition coefficient (Wildman–Crippen LogP) is 2.79. The quantitative estimate of drug-likeness (QED) is 0.911. The van der Waals surface area contributed by atoms with E-state index in [1.807, 2.05) is 26.2 Å². The molecule has 2 aromatic heterocycles. The molecule has 0 aromatic carbocycles. The van der Waals surface area contributed by atoms with Crippen LogP contribution >= 0.6 is 15.9 Å².